The molecule has 0 aliphatic rings. The number of thiazole rings is 1. The number of aryl methyl sites for hydroxylation is 1. The second kappa shape index (κ2) is 11.5. The van der Waals surface area contributed by atoms with E-state index in [9.17, 15) is 0 Å². The Morgan fingerprint density at radius 1 is 1.29 bits per heavy atom. The molecule has 1 aromatic heterocycles. The van der Waals surface area contributed by atoms with Gasteiger partial charge in [-0.25, -0.2) is 4.98 Å². The lowest BCUT2D eigenvalue weighted by Crippen LogP contribution is -2.37. The normalized spacial score (nSPS) is 11.7. The fourth-order valence-corrected chi connectivity index (χ4v) is 2.37. The quantitative estimate of drug-likeness (QED) is 0.390. The van der Waals surface area contributed by atoms with Crippen LogP contribution in [0.15, 0.2) is 11.2 Å². The number of aliphatic imine (C=N–C) groups is 1. The van der Waals surface area contributed by atoms with E-state index in [1.807, 2.05) is 6.20 Å². The SMILES string of the molecule is CN=C(NCCCCOCCOC)NCc1ncc(C)s1. The highest BCUT2D eigenvalue weighted by atomic mass is 32.1. The first-order chi connectivity index (χ1) is 10.3. The van der Waals surface area contributed by atoms with Gasteiger partial charge < -0.3 is 20.1 Å². The summed E-state index contributed by atoms with van der Waals surface area (Å²) in [7, 11) is 3.45. The van der Waals surface area contributed by atoms with E-state index in [1.54, 1.807) is 25.5 Å². The summed E-state index contributed by atoms with van der Waals surface area (Å²) >= 11 is 1.70. The van der Waals surface area contributed by atoms with E-state index in [2.05, 4.69) is 27.5 Å². The van der Waals surface area contributed by atoms with E-state index in [4.69, 9.17) is 9.47 Å². The molecule has 1 aromatic rings. The van der Waals surface area contributed by atoms with Crippen LogP contribution >= 0.6 is 11.3 Å². The number of hydrogen-bond donors (Lipinski definition) is 2. The van der Waals surface area contributed by atoms with Crippen LogP contribution in [-0.2, 0) is 16.0 Å². The van der Waals surface area contributed by atoms with Gasteiger partial charge in [-0.3, -0.25) is 4.99 Å². The van der Waals surface area contributed by atoms with Crippen molar-refractivity contribution >= 4 is 17.3 Å². The Bertz CT molecular complexity index is 409. The molecule has 0 atom stereocenters. The molecule has 0 aliphatic carbocycles. The molecule has 0 saturated heterocycles. The van der Waals surface area contributed by atoms with Gasteiger partial charge in [0.2, 0.25) is 0 Å². The maximum absolute atomic E-state index is 5.41. The average Bonchev–Trinajstić information content (AvgIpc) is 2.90. The topological polar surface area (TPSA) is 67.8 Å². The average molecular weight is 314 g/mol. The predicted octanol–water partition coefficient (Wildman–Crippen LogP) is 1.56. The van der Waals surface area contributed by atoms with E-state index in [0.717, 1.165) is 37.0 Å². The van der Waals surface area contributed by atoms with Crippen LogP contribution in [0, 0.1) is 6.92 Å². The van der Waals surface area contributed by atoms with Gasteiger partial charge in [-0.2, -0.15) is 0 Å². The van der Waals surface area contributed by atoms with Gasteiger partial charge in [-0.15, -0.1) is 11.3 Å². The van der Waals surface area contributed by atoms with Crippen molar-refractivity contribution in [3.05, 3.63) is 16.1 Å². The van der Waals surface area contributed by atoms with E-state index in [0.29, 0.717) is 19.8 Å². The summed E-state index contributed by atoms with van der Waals surface area (Å²) in [5.41, 5.74) is 0. The zero-order valence-electron chi connectivity index (χ0n) is 13.1. The Kier molecular flexibility index (Phi) is 9.77. The number of unbranched alkanes of at least 4 members (excludes halogenated alkanes) is 1. The van der Waals surface area contributed by atoms with Crippen molar-refractivity contribution in [1.29, 1.82) is 0 Å². The van der Waals surface area contributed by atoms with Gasteiger partial charge in [0.25, 0.3) is 0 Å². The molecule has 0 aliphatic heterocycles. The van der Waals surface area contributed by atoms with Crippen molar-refractivity contribution < 1.29 is 9.47 Å². The molecule has 7 heteroatoms. The fraction of sp³-hybridized carbons (Fsp3) is 0.714. The van der Waals surface area contributed by atoms with Crippen LogP contribution in [0.5, 0.6) is 0 Å². The lowest BCUT2D eigenvalue weighted by Gasteiger charge is -2.10. The third kappa shape index (κ3) is 8.64. The van der Waals surface area contributed by atoms with Crippen LogP contribution in [0.2, 0.25) is 0 Å². The first kappa shape index (κ1) is 17.9. The summed E-state index contributed by atoms with van der Waals surface area (Å²) in [6.45, 7) is 5.74. The molecule has 0 bridgehead atoms. The first-order valence-electron chi connectivity index (χ1n) is 7.18. The minimum Gasteiger partial charge on any atom is -0.382 e. The van der Waals surface area contributed by atoms with Crippen LogP contribution in [0.25, 0.3) is 0 Å². The monoisotopic (exact) mass is 314 g/mol. The van der Waals surface area contributed by atoms with Gasteiger partial charge in [0.05, 0.1) is 19.8 Å². The number of aromatic nitrogens is 1. The number of hydrogen-bond acceptors (Lipinski definition) is 5. The van der Waals surface area contributed by atoms with Crippen molar-refractivity contribution in [2.45, 2.75) is 26.3 Å². The summed E-state index contributed by atoms with van der Waals surface area (Å²) in [5.74, 6) is 0.808. The molecule has 2 N–H and O–H groups in total. The van der Waals surface area contributed by atoms with E-state index in [-0.39, 0.29) is 0 Å². The van der Waals surface area contributed by atoms with E-state index < -0.39 is 0 Å². The molecule has 1 heterocycles. The molecule has 0 aromatic carbocycles. The molecule has 0 radical (unpaired) electrons. The molecule has 1 rings (SSSR count). The first-order valence-corrected chi connectivity index (χ1v) is 8.00. The molecule has 6 nitrogen and oxygen atoms in total. The Labute approximate surface area is 131 Å². The van der Waals surface area contributed by atoms with Crippen molar-refractivity contribution in [1.82, 2.24) is 15.6 Å². The highest BCUT2D eigenvalue weighted by molar-refractivity contribution is 7.11. The zero-order chi connectivity index (χ0) is 15.3. The minimum atomic E-state index is 0.658. The largest absolute Gasteiger partial charge is 0.382 e. The van der Waals surface area contributed by atoms with Crippen molar-refractivity contribution in [2.75, 3.05) is 40.5 Å². The molecule has 0 amide bonds. The van der Waals surface area contributed by atoms with Gasteiger partial charge >= 0.3 is 0 Å². The number of nitrogens with one attached hydrogen (secondary N) is 2. The molecule has 0 unspecified atom stereocenters. The highest BCUT2D eigenvalue weighted by Crippen LogP contribution is 2.10. The second-order valence-electron chi connectivity index (χ2n) is 4.53. The summed E-state index contributed by atoms with van der Waals surface area (Å²) in [6.07, 6.45) is 3.96. The number of ether oxygens (including phenoxy) is 2. The van der Waals surface area contributed by atoms with Crippen LogP contribution in [-0.4, -0.2) is 51.5 Å². The minimum absolute atomic E-state index is 0.658. The zero-order valence-corrected chi connectivity index (χ0v) is 14.0. The molecule has 0 saturated carbocycles. The smallest absolute Gasteiger partial charge is 0.191 e. The second-order valence-corrected chi connectivity index (χ2v) is 5.85. The standard InChI is InChI=1S/C14H26N4O2S/c1-12-10-17-13(21-12)11-18-14(15-2)16-6-4-5-7-20-9-8-19-3/h10H,4-9,11H2,1-3H3,(H2,15,16,18). The summed E-state index contributed by atoms with van der Waals surface area (Å²) < 4.78 is 10.3. The lowest BCUT2D eigenvalue weighted by atomic mass is 10.3. The van der Waals surface area contributed by atoms with Crippen LogP contribution in [0.3, 0.4) is 0 Å². The number of rotatable bonds is 10. The van der Waals surface area contributed by atoms with Crippen LogP contribution in [0.1, 0.15) is 22.7 Å². The van der Waals surface area contributed by atoms with Crippen molar-refractivity contribution in [3.63, 3.8) is 0 Å². The third-order valence-electron chi connectivity index (χ3n) is 2.74. The highest BCUT2D eigenvalue weighted by Gasteiger charge is 2.01. The lowest BCUT2D eigenvalue weighted by molar-refractivity contribution is 0.0689. The Morgan fingerprint density at radius 3 is 2.81 bits per heavy atom. The Hall–Kier alpha value is -1.18. The number of methoxy groups -OCH3 is 1. The number of nitrogens with zero attached hydrogens (tertiary/aromatic N) is 2. The van der Waals surface area contributed by atoms with E-state index in [1.165, 1.54) is 4.88 Å². The summed E-state index contributed by atoms with van der Waals surface area (Å²) in [5, 5.41) is 7.61. The molecular weight excluding hydrogens is 288 g/mol. The molecule has 0 fully saturated rings. The van der Waals surface area contributed by atoms with E-state index >= 15 is 0 Å². The van der Waals surface area contributed by atoms with Crippen LogP contribution in [0.4, 0.5) is 0 Å². The molecular formula is C14H26N4O2S. The fourth-order valence-electron chi connectivity index (χ4n) is 1.64. The summed E-state index contributed by atoms with van der Waals surface area (Å²) in [4.78, 5) is 9.73. The van der Waals surface area contributed by atoms with Crippen LogP contribution < -0.4 is 10.6 Å². The number of guanidine groups is 1. The maximum atomic E-state index is 5.41. The molecule has 21 heavy (non-hydrogen) atoms. The van der Waals surface area contributed by atoms with Crippen molar-refractivity contribution in [3.8, 4) is 0 Å². The van der Waals surface area contributed by atoms with Gasteiger partial charge in [0.15, 0.2) is 5.96 Å². The van der Waals surface area contributed by atoms with Gasteiger partial charge in [-0.1, -0.05) is 0 Å². The van der Waals surface area contributed by atoms with Crippen molar-refractivity contribution in [2.24, 2.45) is 4.99 Å². The Balaban J connectivity index is 2.04. The Morgan fingerprint density at radius 2 is 2.14 bits per heavy atom. The van der Waals surface area contributed by atoms with Gasteiger partial charge in [0.1, 0.15) is 5.01 Å². The molecule has 120 valence electrons. The summed E-state index contributed by atoms with van der Waals surface area (Å²) in [6, 6.07) is 0. The van der Waals surface area contributed by atoms with Gasteiger partial charge in [0, 0.05) is 38.4 Å². The van der Waals surface area contributed by atoms with Gasteiger partial charge in [-0.05, 0) is 19.8 Å². The molecule has 0 spiro atoms. The predicted molar refractivity (Wildman–Crippen MR) is 87.0 cm³/mol. The third-order valence-corrected chi connectivity index (χ3v) is 3.65. The maximum Gasteiger partial charge on any atom is 0.191 e.